The number of piperazine rings is 2. The van der Waals surface area contributed by atoms with Crippen molar-refractivity contribution in [2.45, 2.75) is 90.6 Å². The molecule has 28 heavy (non-hydrogen) atoms. The monoisotopic (exact) mass is 398 g/mol. The van der Waals surface area contributed by atoms with E-state index in [9.17, 15) is 10.2 Å². The molecule has 2 rings (SSSR count). The van der Waals surface area contributed by atoms with Crippen molar-refractivity contribution in [3.8, 4) is 0 Å². The van der Waals surface area contributed by atoms with Crippen molar-refractivity contribution in [3.63, 3.8) is 0 Å². The van der Waals surface area contributed by atoms with E-state index in [2.05, 4.69) is 75.0 Å². The second-order valence-corrected chi connectivity index (χ2v) is 10.3. The highest BCUT2D eigenvalue weighted by atomic mass is 16.3. The molecule has 2 aliphatic rings. The van der Waals surface area contributed by atoms with Crippen LogP contribution in [0, 0.1) is 0 Å². The smallest absolute Gasteiger partial charge is 0.0599 e. The largest absolute Gasteiger partial charge is 0.395 e. The van der Waals surface area contributed by atoms with Crippen LogP contribution in [0.5, 0.6) is 0 Å². The average molecular weight is 399 g/mol. The van der Waals surface area contributed by atoms with Crippen LogP contribution in [0.3, 0.4) is 0 Å². The molecule has 2 atom stereocenters. The third-order valence-electron chi connectivity index (χ3n) is 7.88. The van der Waals surface area contributed by atoms with Gasteiger partial charge in [0.2, 0.25) is 0 Å². The van der Waals surface area contributed by atoms with Crippen molar-refractivity contribution in [3.05, 3.63) is 0 Å². The van der Waals surface area contributed by atoms with E-state index in [1.54, 1.807) is 0 Å². The molecule has 0 amide bonds. The highest BCUT2D eigenvalue weighted by Gasteiger charge is 2.49. The van der Waals surface area contributed by atoms with Gasteiger partial charge in [0.05, 0.1) is 13.2 Å². The van der Waals surface area contributed by atoms with Gasteiger partial charge in [0.1, 0.15) is 0 Å². The topological polar surface area (TPSA) is 53.4 Å². The number of aliphatic hydroxyl groups is 2. The van der Waals surface area contributed by atoms with Gasteiger partial charge in [0.25, 0.3) is 0 Å². The SMILES string of the molecule is CC(C)N1CCN(C(C)(C)C(C)(C)N2CCN(C(C)C)C(CO)C2)CC1CO. The lowest BCUT2D eigenvalue weighted by atomic mass is 9.78. The standard InChI is InChI=1S/C22H46N4O2/c1-17(2)25-11-9-23(13-19(25)15-27)21(5,6)22(7,8)24-10-12-26(18(3)4)20(14-24)16-28/h17-20,27-28H,9-16H2,1-8H3. The average Bonchev–Trinajstić information content (AvgIpc) is 2.66. The van der Waals surface area contributed by atoms with E-state index in [1.807, 2.05) is 0 Å². The normalized spacial score (nSPS) is 27.9. The lowest BCUT2D eigenvalue weighted by Gasteiger charge is -2.59. The van der Waals surface area contributed by atoms with E-state index in [-0.39, 0.29) is 36.4 Å². The van der Waals surface area contributed by atoms with Crippen molar-refractivity contribution >= 4 is 0 Å². The minimum Gasteiger partial charge on any atom is -0.395 e. The fourth-order valence-corrected chi connectivity index (χ4v) is 5.21. The van der Waals surface area contributed by atoms with Crippen LogP contribution in [0.2, 0.25) is 0 Å². The molecular weight excluding hydrogens is 352 g/mol. The second kappa shape index (κ2) is 9.27. The first-order chi connectivity index (χ1) is 13.0. The maximum Gasteiger partial charge on any atom is 0.0599 e. The molecule has 166 valence electrons. The van der Waals surface area contributed by atoms with Crippen LogP contribution < -0.4 is 0 Å². The van der Waals surface area contributed by atoms with E-state index in [4.69, 9.17) is 0 Å². The maximum atomic E-state index is 9.98. The van der Waals surface area contributed by atoms with E-state index >= 15 is 0 Å². The van der Waals surface area contributed by atoms with Crippen molar-refractivity contribution in [1.29, 1.82) is 0 Å². The summed E-state index contributed by atoms with van der Waals surface area (Å²) in [5.74, 6) is 0. The molecule has 0 aliphatic carbocycles. The number of aliphatic hydroxyl groups excluding tert-OH is 2. The number of hydrogen-bond donors (Lipinski definition) is 2. The molecule has 0 radical (unpaired) electrons. The van der Waals surface area contributed by atoms with Gasteiger partial charge < -0.3 is 10.2 Å². The Hall–Kier alpha value is -0.240. The van der Waals surface area contributed by atoms with Crippen LogP contribution >= 0.6 is 0 Å². The Morgan fingerprint density at radius 1 is 0.679 bits per heavy atom. The Bertz CT molecular complexity index is 451. The van der Waals surface area contributed by atoms with E-state index in [0.29, 0.717) is 12.1 Å². The lowest BCUT2D eigenvalue weighted by Crippen LogP contribution is -2.72. The Morgan fingerprint density at radius 2 is 1.00 bits per heavy atom. The molecule has 2 unspecified atom stereocenters. The van der Waals surface area contributed by atoms with E-state index < -0.39 is 0 Å². The molecule has 2 N–H and O–H groups in total. The molecule has 6 heteroatoms. The van der Waals surface area contributed by atoms with Crippen LogP contribution in [0.25, 0.3) is 0 Å². The van der Waals surface area contributed by atoms with Crippen LogP contribution in [-0.2, 0) is 0 Å². The minimum atomic E-state index is -0.0382. The van der Waals surface area contributed by atoms with Crippen LogP contribution in [-0.4, -0.2) is 118 Å². The molecule has 2 heterocycles. The number of hydrogen-bond acceptors (Lipinski definition) is 6. The van der Waals surface area contributed by atoms with Crippen molar-refractivity contribution < 1.29 is 10.2 Å². The highest BCUT2D eigenvalue weighted by Crippen LogP contribution is 2.36. The highest BCUT2D eigenvalue weighted by molar-refractivity contribution is 5.06. The van der Waals surface area contributed by atoms with Gasteiger partial charge in [-0.1, -0.05) is 0 Å². The van der Waals surface area contributed by atoms with Crippen molar-refractivity contribution in [2.75, 3.05) is 52.5 Å². The minimum absolute atomic E-state index is 0.0382. The van der Waals surface area contributed by atoms with Gasteiger partial charge in [-0.3, -0.25) is 19.6 Å². The molecule has 0 bridgehead atoms. The molecule has 0 aromatic rings. The van der Waals surface area contributed by atoms with Crippen molar-refractivity contribution in [2.24, 2.45) is 0 Å². The van der Waals surface area contributed by atoms with Gasteiger partial charge in [0, 0.05) is 74.5 Å². The fourth-order valence-electron chi connectivity index (χ4n) is 5.21. The van der Waals surface area contributed by atoms with Crippen LogP contribution in [0.1, 0.15) is 55.4 Å². The first-order valence-electron chi connectivity index (χ1n) is 11.2. The third-order valence-corrected chi connectivity index (χ3v) is 7.88. The Morgan fingerprint density at radius 3 is 1.25 bits per heavy atom. The molecule has 6 nitrogen and oxygen atoms in total. The van der Waals surface area contributed by atoms with Gasteiger partial charge in [0.15, 0.2) is 0 Å². The number of nitrogens with zero attached hydrogens (tertiary/aromatic N) is 4. The third kappa shape index (κ3) is 4.57. The summed E-state index contributed by atoms with van der Waals surface area (Å²) < 4.78 is 0. The molecule has 2 saturated heterocycles. The summed E-state index contributed by atoms with van der Waals surface area (Å²) in [7, 11) is 0. The second-order valence-electron chi connectivity index (χ2n) is 10.3. The van der Waals surface area contributed by atoms with Crippen LogP contribution in [0.15, 0.2) is 0 Å². The van der Waals surface area contributed by atoms with Gasteiger partial charge in [-0.25, -0.2) is 0 Å². The summed E-state index contributed by atoms with van der Waals surface area (Å²) in [6.07, 6.45) is 0. The molecular formula is C22H46N4O2. The first kappa shape index (κ1) is 24.0. The van der Waals surface area contributed by atoms with Gasteiger partial charge in [-0.05, 0) is 55.4 Å². The molecule has 2 fully saturated rings. The summed E-state index contributed by atoms with van der Waals surface area (Å²) in [6.45, 7) is 24.6. The van der Waals surface area contributed by atoms with Gasteiger partial charge in [-0.15, -0.1) is 0 Å². The van der Waals surface area contributed by atoms with E-state index in [0.717, 1.165) is 39.3 Å². The Labute approximate surface area is 173 Å². The zero-order valence-corrected chi connectivity index (χ0v) is 19.6. The quantitative estimate of drug-likeness (QED) is 0.675. The van der Waals surface area contributed by atoms with Gasteiger partial charge in [-0.2, -0.15) is 0 Å². The summed E-state index contributed by atoms with van der Waals surface area (Å²) in [6, 6.07) is 1.33. The van der Waals surface area contributed by atoms with E-state index in [1.165, 1.54) is 0 Å². The predicted molar refractivity (Wildman–Crippen MR) is 117 cm³/mol. The first-order valence-corrected chi connectivity index (χ1v) is 11.2. The van der Waals surface area contributed by atoms with Gasteiger partial charge >= 0.3 is 0 Å². The fraction of sp³-hybridized carbons (Fsp3) is 1.00. The zero-order chi connectivity index (χ0) is 21.3. The van der Waals surface area contributed by atoms with Crippen LogP contribution in [0.4, 0.5) is 0 Å². The Kier molecular flexibility index (Phi) is 7.96. The summed E-state index contributed by atoms with van der Waals surface area (Å²) in [5, 5.41) is 20.0. The molecule has 2 aliphatic heterocycles. The summed E-state index contributed by atoms with van der Waals surface area (Å²) in [5.41, 5.74) is -0.0764. The lowest BCUT2D eigenvalue weighted by molar-refractivity contribution is -0.102. The maximum absolute atomic E-state index is 9.98. The zero-order valence-electron chi connectivity index (χ0n) is 19.6. The summed E-state index contributed by atoms with van der Waals surface area (Å²) >= 11 is 0. The predicted octanol–water partition coefficient (Wildman–Crippen LogP) is 1.32. The molecule has 0 saturated carbocycles. The summed E-state index contributed by atoms with van der Waals surface area (Å²) in [4.78, 5) is 10.0. The number of rotatable bonds is 7. The molecule has 0 aromatic heterocycles. The Balaban J connectivity index is 2.15. The molecule has 0 aromatic carbocycles. The van der Waals surface area contributed by atoms with Crippen molar-refractivity contribution in [1.82, 2.24) is 19.6 Å². The molecule has 0 spiro atoms.